The lowest BCUT2D eigenvalue weighted by Gasteiger charge is -2.12. The Morgan fingerprint density at radius 2 is 1.89 bits per heavy atom. The summed E-state index contributed by atoms with van der Waals surface area (Å²) in [5.74, 6) is 0. The molecule has 102 valence electrons. The van der Waals surface area contributed by atoms with Crippen molar-refractivity contribution in [1.82, 2.24) is 9.78 Å². The van der Waals surface area contributed by atoms with Gasteiger partial charge in [0.1, 0.15) is 0 Å². The lowest BCUT2D eigenvalue weighted by molar-refractivity contribution is 0.426. The summed E-state index contributed by atoms with van der Waals surface area (Å²) in [6.45, 7) is 7.31. The zero-order chi connectivity index (χ0) is 13.7. The Hall–Kier alpha value is -1.77. The maximum absolute atomic E-state index is 4.65. The number of hydrogen-bond donors (Lipinski definition) is 1. The second-order valence-corrected chi connectivity index (χ2v) is 4.93. The molecule has 0 amide bonds. The van der Waals surface area contributed by atoms with E-state index < -0.39 is 0 Å². The molecule has 1 aromatic carbocycles. The minimum atomic E-state index is 0.521. The fourth-order valence-electron chi connectivity index (χ4n) is 2.29. The third-order valence-electron chi connectivity index (χ3n) is 3.59. The lowest BCUT2D eigenvalue weighted by atomic mass is 10.2. The lowest BCUT2D eigenvalue weighted by Crippen LogP contribution is -2.09. The molecule has 0 aliphatic heterocycles. The minimum absolute atomic E-state index is 0.521. The van der Waals surface area contributed by atoms with Crippen molar-refractivity contribution in [3.8, 4) is 0 Å². The summed E-state index contributed by atoms with van der Waals surface area (Å²) in [6, 6.07) is 11.0. The largest absolute Gasteiger partial charge is 0.379 e. The van der Waals surface area contributed by atoms with E-state index in [9.17, 15) is 0 Å². The molecular formula is C16H23N3. The van der Waals surface area contributed by atoms with Crippen molar-refractivity contribution in [1.29, 1.82) is 0 Å². The predicted molar refractivity (Wildman–Crippen MR) is 80.4 cm³/mol. The van der Waals surface area contributed by atoms with Crippen molar-refractivity contribution in [2.24, 2.45) is 0 Å². The quantitative estimate of drug-likeness (QED) is 0.842. The highest BCUT2D eigenvalue weighted by atomic mass is 15.3. The van der Waals surface area contributed by atoms with Gasteiger partial charge >= 0.3 is 0 Å². The molecule has 0 atom stereocenters. The molecule has 0 radical (unpaired) electrons. The topological polar surface area (TPSA) is 29.9 Å². The van der Waals surface area contributed by atoms with Gasteiger partial charge in [-0.2, -0.15) is 5.10 Å². The van der Waals surface area contributed by atoms with Crippen LogP contribution >= 0.6 is 0 Å². The van der Waals surface area contributed by atoms with Crippen LogP contribution in [0.5, 0.6) is 0 Å². The number of aryl methyl sites for hydroxylation is 1. The average molecular weight is 257 g/mol. The van der Waals surface area contributed by atoms with Crippen molar-refractivity contribution in [3.63, 3.8) is 0 Å². The molecule has 2 aromatic rings. The van der Waals surface area contributed by atoms with E-state index in [1.807, 2.05) is 0 Å². The van der Waals surface area contributed by atoms with Gasteiger partial charge in [-0.3, -0.25) is 4.68 Å². The van der Waals surface area contributed by atoms with Gasteiger partial charge in [-0.25, -0.2) is 0 Å². The Bertz CT molecular complexity index is 512. The molecule has 0 aliphatic carbocycles. The Kier molecular flexibility index (Phi) is 4.61. The Labute approximate surface area is 115 Å². The molecular weight excluding hydrogens is 234 g/mol. The van der Waals surface area contributed by atoms with E-state index in [1.165, 1.54) is 11.3 Å². The van der Waals surface area contributed by atoms with Crippen molar-refractivity contribution in [3.05, 3.63) is 47.8 Å². The summed E-state index contributed by atoms with van der Waals surface area (Å²) in [6.07, 6.45) is 4.35. The molecule has 19 heavy (non-hydrogen) atoms. The first-order valence-electron chi connectivity index (χ1n) is 7.08. The summed E-state index contributed by atoms with van der Waals surface area (Å²) in [5.41, 5.74) is 3.54. The Morgan fingerprint density at radius 3 is 2.58 bits per heavy atom. The van der Waals surface area contributed by atoms with Crippen molar-refractivity contribution in [2.45, 2.75) is 46.2 Å². The molecule has 0 fully saturated rings. The first-order chi connectivity index (χ1) is 9.24. The number of benzene rings is 1. The Morgan fingerprint density at radius 1 is 1.16 bits per heavy atom. The van der Waals surface area contributed by atoms with E-state index in [4.69, 9.17) is 0 Å². The van der Waals surface area contributed by atoms with Crippen LogP contribution in [0.1, 0.15) is 44.0 Å². The van der Waals surface area contributed by atoms with E-state index in [0.717, 1.165) is 25.1 Å². The summed E-state index contributed by atoms with van der Waals surface area (Å²) in [4.78, 5) is 0. The minimum Gasteiger partial charge on any atom is -0.379 e. The van der Waals surface area contributed by atoms with Crippen LogP contribution in [0.3, 0.4) is 0 Å². The second-order valence-electron chi connectivity index (χ2n) is 4.93. The average Bonchev–Trinajstić information content (AvgIpc) is 2.88. The fraction of sp³-hybridized carbons (Fsp3) is 0.438. The Balaban J connectivity index is 1.99. The molecule has 0 saturated carbocycles. The van der Waals surface area contributed by atoms with E-state index in [0.29, 0.717) is 6.04 Å². The monoisotopic (exact) mass is 257 g/mol. The molecule has 0 bridgehead atoms. The van der Waals surface area contributed by atoms with Gasteiger partial charge < -0.3 is 5.32 Å². The first kappa shape index (κ1) is 13.7. The van der Waals surface area contributed by atoms with Gasteiger partial charge in [-0.1, -0.05) is 32.0 Å². The van der Waals surface area contributed by atoms with Crippen LogP contribution in [-0.2, 0) is 6.54 Å². The standard InChI is InChI=1S/C16H23N3/c1-4-15(5-2)19-11-10-14(18-19)12-17-16-9-7-6-8-13(16)3/h6-11,15,17H,4-5,12H2,1-3H3. The van der Waals surface area contributed by atoms with Gasteiger partial charge in [0.25, 0.3) is 0 Å². The smallest absolute Gasteiger partial charge is 0.0815 e. The zero-order valence-corrected chi connectivity index (χ0v) is 12.1. The molecule has 1 N–H and O–H groups in total. The summed E-state index contributed by atoms with van der Waals surface area (Å²) >= 11 is 0. The van der Waals surface area contributed by atoms with Gasteiger partial charge in [0.2, 0.25) is 0 Å². The van der Waals surface area contributed by atoms with Gasteiger partial charge in [0.15, 0.2) is 0 Å². The van der Waals surface area contributed by atoms with E-state index in [-0.39, 0.29) is 0 Å². The fourth-order valence-corrected chi connectivity index (χ4v) is 2.29. The van der Waals surface area contributed by atoms with Crippen LogP contribution < -0.4 is 5.32 Å². The summed E-state index contributed by atoms with van der Waals surface area (Å²) in [5, 5.41) is 8.09. The normalized spacial score (nSPS) is 10.9. The molecule has 0 saturated heterocycles. The van der Waals surface area contributed by atoms with Crippen LogP contribution in [0.2, 0.25) is 0 Å². The first-order valence-corrected chi connectivity index (χ1v) is 7.08. The van der Waals surface area contributed by atoms with E-state index >= 15 is 0 Å². The third-order valence-corrected chi connectivity index (χ3v) is 3.59. The van der Waals surface area contributed by atoms with Crippen molar-refractivity contribution < 1.29 is 0 Å². The van der Waals surface area contributed by atoms with Crippen LogP contribution in [0.25, 0.3) is 0 Å². The predicted octanol–water partition coefficient (Wildman–Crippen LogP) is 4.16. The van der Waals surface area contributed by atoms with Gasteiger partial charge in [-0.05, 0) is 37.5 Å². The number of hydrogen-bond acceptors (Lipinski definition) is 2. The highest BCUT2D eigenvalue weighted by Crippen LogP contribution is 2.16. The van der Waals surface area contributed by atoms with E-state index in [2.05, 4.69) is 72.4 Å². The van der Waals surface area contributed by atoms with Crippen molar-refractivity contribution >= 4 is 5.69 Å². The molecule has 1 heterocycles. The SMILES string of the molecule is CCC(CC)n1ccc(CNc2ccccc2C)n1. The van der Waals surface area contributed by atoms with Gasteiger partial charge in [0, 0.05) is 11.9 Å². The summed E-state index contributed by atoms with van der Waals surface area (Å²) in [7, 11) is 0. The molecule has 1 aromatic heterocycles. The van der Waals surface area contributed by atoms with E-state index in [1.54, 1.807) is 0 Å². The number of aromatic nitrogens is 2. The van der Waals surface area contributed by atoms with Crippen LogP contribution in [0.4, 0.5) is 5.69 Å². The highest BCUT2D eigenvalue weighted by Gasteiger charge is 2.07. The molecule has 0 spiro atoms. The summed E-state index contributed by atoms with van der Waals surface area (Å²) < 4.78 is 2.09. The highest BCUT2D eigenvalue weighted by molar-refractivity contribution is 5.50. The molecule has 3 heteroatoms. The van der Waals surface area contributed by atoms with Gasteiger partial charge in [-0.15, -0.1) is 0 Å². The maximum atomic E-state index is 4.65. The second kappa shape index (κ2) is 6.41. The number of nitrogens with zero attached hydrogens (tertiary/aromatic N) is 2. The van der Waals surface area contributed by atoms with Crippen LogP contribution in [-0.4, -0.2) is 9.78 Å². The number of anilines is 1. The van der Waals surface area contributed by atoms with Crippen LogP contribution in [0.15, 0.2) is 36.5 Å². The van der Waals surface area contributed by atoms with Crippen molar-refractivity contribution in [2.75, 3.05) is 5.32 Å². The number of nitrogens with one attached hydrogen (secondary N) is 1. The van der Waals surface area contributed by atoms with Gasteiger partial charge in [0.05, 0.1) is 18.3 Å². The molecule has 0 unspecified atom stereocenters. The van der Waals surface area contributed by atoms with Crippen LogP contribution in [0, 0.1) is 6.92 Å². The molecule has 3 nitrogen and oxygen atoms in total. The maximum Gasteiger partial charge on any atom is 0.0815 e. The number of para-hydroxylation sites is 1. The number of rotatable bonds is 6. The molecule has 0 aliphatic rings. The zero-order valence-electron chi connectivity index (χ0n) is 12.1. The third kappa shape index (κ3) is 3.37. The molecule has 2 rings (SSSR count).